The largest absolute Gasteiger partial charge is 0.491 e. The summed E-state index contributed by atoms with van der Waals surface area (Å²) >= 11 is 0. The summed E-state index contributed by atoms with van der Waals surface area (Å²) in [5.74, 6) is 0.455. The third-order valence-corrected chi connectivity index (χ3v) is 2.63. The maximum Gasteiger partial charge on any atom is 0.328 e. The Kier molecular flexibility index (Phi) is 7.43. The van der Waals surface area contributed by atoms with E-state index in [4.69, 9.17) is 14.6 Å². The molecule has 0 aliphatic heterocycles. The summed E-state index contributed by atoms with van der Waals surface area (Å²) < 4.78 is 11.0. The Labute approximate surface area is 120 Å². The molecule has 1 rings (SSSR count). The minimum absolute atomic E-state index is 0.516. The van der Waals surface area contributed by atoms with Crippen molar-refractivity contribution in [2.75, 3.05) is 19.8 Å². The smallest absolute Gasteiger partial charge is 0.328 e. The molecule has 0 amide bonds. The molecule has 4 nitrogen and oxygen atoms in total. The van der Waals surface area contributed by atoms with E-state index >= 15 is 0 Å². The summed E-state index contributed by atoms with van der Waals surface area (Å²) in [6.45, 7) is 6.19. The molecule has 0 aliphatic rings. The van der Waals surface area contributed by atoms with Gasteiger partial charge >= 0.3 is 5.97 Å². The Hall–Kier alpha value is -1.81. The minimum Gasteiger partial charge on any atom is -0.491 e. The molecule has 4 heteroatoms. The van der Waals surface area contributed by atoms with Crippen molar-refractivity contribution < 1.29 is 19.4 Å². The predicted molar refractivity (Wildman–Crippen MR) is 78.9 cm³/mol. The van der Waals surface area contributed by atoms with E-state index in [1.807, 2.05) is 24.3 Å². The van der Waals surface area contributed by atoms with E-state index in [1.165, 1.54) is 0 Å². The van der Waals surface area contributed by atoms with Crippen molar-refractivity contribution in [1.29, 1.82) is 0 Å². The number of carbonyl (C=O) groups is 1. The number of hydrogen-bond donors (Lipinski definition) is 1. The topological polar surface area (TPSA) is 55.8 Å². The zero-order valence-corrected chi connectivity index (χ0v) is 12.0. The quantitative estimate of drug-likeness (QED) is 0.556. The van der Waals surface area contributed by atoms with Crippen LogP contribution in [0.4, 0.5) is 0 Å². The maximum absolute atomic E-state index is 10.4. The lowest BCUT2D eigenvalue weighted by atomic mass is 10.1. The van der Waals surface area contributed by atoms with Gasteiger partial charge in [-0.2, -0.15) is 0 Å². The van der Waals surface area contributed by atoms with Gasteiger partial charge in [0.25, 0.3) is 0 Å². The average molecular weight is 278 g/mol. The molecule has 0 aromatic heterocycles. The van der Waals surface area contributed by atoms with Crippen LogP contribution in [0.5, 0.6) is 5.75 Å². The first kappa shape index (κ1) is 16.2. The predicted octanol–water partition coefficient (Wildman–Crippen LogP) is 3.23. The highest BCUT2D eigenvalue weighted by molar-refractivity contribution is 5.85. The van der Waals surface area contributed by atoms with E-state index in [1.54, 1.807) is 6.08 Å². The fraction of sp³-hybridized carbons (Fsp3) is 0.438. The Morgan fingerprint density at radius 2 is 1.90 bits per heavy atom. The lowest BCUT2D eigenvalue weighted by molar-refractivity contribution is -0.131. The third-order valence-electron chi connectivity index (χ3n) is 2.63. The fourth-order valence-corrected chi connectivity index (χ4v) is 1.48. The number of aliphatic carboxylic acids is 1. The van der Waals surface area contributed by atoms with Gasteiger partial charge in [-0.25, -0.2) is 4.79 Å². The highest BCUT2D eigenvalue weighted by Crippen LogP contribution is 2.13. The van der Waals surface area contributed by atoms with Crippen molar-refractivity contribution in [3.8, 4) is 5.75 Å². The maximum atomic E-state index is 10.4. The number of carboxylic acid groups (broad SMARTS) is 1. The third kappa shape index (κ3) is 7.59. The number of benzene rings is 1. The van der Waals surface area contributed by atoms with Gasteiger partial charge in [-0.15, -0.1) is 0 Å². The Balaban J connectivity index is 2.23. The molecule has 0 aliphatic carbocycles. The van der Waals surface area contributed by atoms with Crippen molar-refractivity contribution in [2.45, 2.75) is 20.3 Å². The summed E-state index contributed by atoms with van der Waals surface area (Å²) in [7, 11) is 0. The van der Waals surface area contributed by atoms with Crippen LogP contribution >= 0.6 is 0 Å². The molecular formula is C16H22O4. The first-order valence-corrected chi connectivity index (χ1v) is 6.79. The minimum atomic E-state index is -0.955. The number of carboxylic acids is 1. The van der Waals surface area contributed by atoms with Crippen LogP contribution in [-0.4, -0.2) is 30.9 Å². The summed E-state index contributed by atoms with van der Waals surface area (Å²) in [5.41, 5.74) is 0.827. The van der Waals surface area contributed by atoms with Gasteiger partial charge in [-0.05, 0) is 36.1 Å². The van der Waals surface area contributed by atoms with Crippen molar-refractivity contribution >= 4 is 12.0 Å². The molecule has 0 fully saturated rings. The van der Waals surface area contributed by atoms with Crippen LogP contribution in [0.15, 0.2) is 30.3 Å². The zero-order chi connectivity index (χ0) is 14.8. The van der Waals surface area contributed by atoms with Gasteiger partial charge in [0.15, 0.2) is 0 Å². The molecule has 1 aromatic rings. The highest BCUT2D eigenvalue weighted by Gasteiger charge is 1.96. The van der Waals surface area contributed by atoms with Crippen molar-refractivity contribution in [3.63, 3.8) is 0 Å². The molecule has 0 radical (unpaired) electrons. The molecule has 0 atom stereocenters. The fourth-order valence-electron chi connectivity index (χ4n) is 1.48. The van der Waals surface area contributed by atoms with Gasteiger partial charge in [0.05, 0.1) is 6.61 Å². The lowest BCUT2D eigenvalue weighted by Gasteiger charge is -2.08. The molecule has 20 heavy (non-hydrogen) atoms. The summed E-state index contributed by atoms with van der Waals surface area (Å²) in [5, 5.41) is 8.53. The first-order chi connectivity index (χ1) is 9.58. The number of rotatable bonds is 9. The van der Waals surface area contributed by atoms with E-state index in [0.29, 0.717) is 19.1 Å². The van der Waals surface area contributed by atoms with Crippen molar-refractivity contribution in [2.24, 2.45) is 5.92 Å². The summed E-state index contributed by atoms with van der Waals surface area (Å²) in [6, 6.07) is 7.26. The van der Waals surface area contributed by atoms with E-state index in [0.717, 1.165) is 30.4 Å². The number of hydrogen-bond acceptors (Lipinski definition) is 3. The molecule has 0 bridgehead atoms. The van der Waals surface area contributed by atoms with Crippen molar-refractivity contribution in [1.82, 2.24) is 0 Å². The van der Waals surface area contributed by atoms with Crippen LogP contribution < -0.4 is 4.74 Å². The summed E-state index contributed by atoms with van der Waals surface area (Å²) in [4.78, 5) is 10.4. The van der Waals surface area contributed by atoms with E-state index in [-0.39, 0.29) is 0 Å². The molecule has 0 saturated heterocycles. The second-order valence-corrected chi connectivity index (χ2v) is 4.88. The van der Waals surface area contributed by atoms with Crippen LogP contribution in [0.3, 0.4) is 0 Å². The van der Waals surface area contributed by atoms with Gasteiger partial charge in [0.2, 0.25) is 0 Å². The Morgan fingerprint density at radius 3 is 2.50 bits per heavy atom. The SMILES string of the molecule is CC(C)CCOCCOc1ccc(C=CC(=O)O)cc1. The molecular weight excluding hydrogens is 256 g/mol. The molecule has 0 unspecified atom stereocenters. The zero-order valence-electron chi connectivity index (χ0n) is 12.0. The van der Waals surface area contributed by atoms with E-state index in [9.17, 15) is 4.79 Å². The highest BCUT2D eigenvalue weighted by atomic mass is 16.5. The molecule has 0 heterocycles. The van der Waals surface area contributed by atoms with Crippen LogP contribution in [0.25, 0.3) is 6.08 Å². The molecule has 110 valence electrons. The van der Waals surface area contributed by atoms with Crippen LogP contribution in [-0.2, 0) is 9.53 Å². The van der Waals surface area contributed by atoms with Crippen LogP contribution in [0, 0.1) is 5.92 Å². The van der Waals surface area contributed by atoms with E-state index < -0.39 is 5.97 Å². The number of ether oxygens (including phenoxy) is 2. The average Bonchev–Trinajstić information content (AvgIpc) is 2.41. The standard InChI is InChI=1S/C16H22O4/c1-13(2)9-10-19-11-12-20-15-6-3-14(4-7-15)5-8-16(17)18/h3-8,13H,9-12H2,1-2H3,(H,17,18). The van der Waals surface area contributed by atoms with Gasteiger partial charge in [-0.3, -0.25) is 0 Å². The molecule has 0 saturated carbocycles. The van der Waals surface area contributed by atoms with Crippen LogP contribution in [0.2, 0.25) is 0 Å². The monoisotopic (exact) mass is 278 g/mol. The normalized spacial score (nSPS) is 11.2. The molecule has 1 N–H and O–H groups in total. The lowest BCUT2D eigenvalue weighted by Crippen LogP contribution is -2.08. The summed E-state index contributed by atoms with van der Waals surface area (Å²) in [6.07, 6.45) is 3.71. The van der Waals surface area contributed by atoms with Crippen LogP contribution in [0.1, 0.15) is 25.8 Å². The Morgan fingerprint density at radius 1 is 1.20 bits per heavy atom. The second kappa shape index (κ2) is 9.15. The second-order valence-electron chi connectivity index (χ2n) is 4.88. The van der Waals surface area contributed by atoms with Gasteiger partial charge in [-0.1, -0.05) is 26.0 Å². The molecule has 0 spiro atoms. The van der Waals surface area contributed by atoms with Gasteiger partial charge < -0.3 is 14.6 Å². The van der Waals surface area contributed by atoms with Crippen molar-refractivity contribution in [3.05, 3.63) is 35.9 Å². The van der Waals surface area contributed by atoms with Gasteiger partial charge in [0, 0.05) is 12.7 Å². The van der Waals surface area contributed by atoms with E-state index in [2.05, 4.69) is 13.8 Å². The molecule has 1 aromatic carbocycles. The first-order valence-electron chi connectivity index (χ1n) is 6.79. The van der Waals surface area contributed by atoms with Gasteiger partial charge in [0.1, 0.15) is 12.4 Å². The Bertz CT molecular complexity index is 421.